The number of amides is 2. The molecule has 1 N–H and O–H groups in total. The van der Waals surface area contributed by atoms with Gasteiger partial charge in [0.05, 0.1) is 22.3 Å². The first kappa shape index (κ1) is 20.5. The van der Waals surface area contributed by atoms with Gasteiger partial charge in [-0.15, -0.1) is 0 Å². The lowest BCUT2D eigenvalue weighted by Crippen LogP contribution is -2.47. The Bertz CT molecular complexity index is 1030. The van der Waals surface area contributed by atoms with Crippen LogP contribution in [0.1, 0.15) is 36.3 Å². The van der Waals surface area contributed by atoms with Crippen LogP contribution in [-0.2, 0) is 4.79 Å². The fourth-order valence-corrected chi connectivity index (χ4v) is 3.27. The standard InChI is InChI=1S/C22H26N4O3/c1-13(2)11-18(22(28)26(4)5)23-20(27)16-12-17(15-9-7-6-8-10-15)24-21-19(16)14(3)25-29-21/h6-10,12-13,18H,11H2,1-5H3,(H,23,27). The van der Waals surface area contributed by atoms with Crippen LogP contribution in [0.25, 0.3) is 22.4 Å². The number of likely N-dealkylation sites (N-methyl/N-ethyl adjacent to an activating group) is 1. The normalized spacial score (nSPS) is 12.2. The molecular weight excluding hydrogens is 368 g/mol. The summed E-state index contributed by atoms with van der Waals surface area (Å²) in [4.78, 5) is 31.8. The van der Waals surface area contributed by atoms with Gasteiger partial charge in [-0.05, 0) is 25.3 Å². The average molecular weight is 394 g/mol. The van der Waals surface area contributed by atoms with Gasteiger partial charge < -0.3 is 14.7 Å². The molecule has 0 saturated heterocycles. The van der Waals surface area contributed by atoms with E-state index in [9.17, 15) is 9.59 Å². The molecule has 0 aliphatic rings. The van der Waals surface area contributed by atoms with E-state index in [1.807, 2.05) is 44.2 Å². The highest BCUT2D eigenvalue weighted by Crippen LogP contribution is 2.27. The third-order valence-corrected chi connectivity index (χ3v) is 4.68. The van der Waals surface area contributed by atoms with Crippen molar-refractivity contribution < 1.29 is 14.1 Å². The summed E-state index contributed by atoms with van der Waals surface area (Å²) >= 11 is 0. The molecule has 0 radical (unpaired) electrons. The number of hydrogen-bond donors (Lipinski definition) is 1. The molecule has 0 spiro atoms. The number of nitrogens with zero attached hydrogens (tertiary/aromatic N) is 3. The number of pyridine rings is 1. The van der Waals surface area contributed by atoms with Crippen molar-refractivity contribution in [2.45, 2.75) is 33.2 Å². The molecule has 3 rings (SSSR count). The quantitative estimate of drug-likeness (QED) is 0.692. The summed E-state index contributed by atoms with van der Waals surface area (Å²) in [6.45, 7) is 5.80. The molecule has 7 nitrogen and oxygen atoms in total. The molecule has 152 valence electrons. The Balaban J connectivity index is 2.03. The fraction of sp³-hybridized carbons (Fsp3) is 0.364. The lowest BCUT2D eigenvalue weighted by Gasteiger charge is -2.23. The fourth-order valence-electron chi connectivity index (χ4n) is 3.27. The summed E-state index contributed by atoms with van der Waals surface area (Å²) in [5, 5.41) is 7.44. The average Bonchev–Trinajstić information content (AvgIpc) is 3.07. The Hall–Kier alpha value is -3.22. The first-order chi connectivity index (χ1) is 13.8. The number of rotatable bonds is 6. The molecule has 0 saturated carbocycles. The van der Waals surface area contributed by atoms with Gasteiger partial charge in [-0.1, -0.05) is 49.3 Å². The smallest absolute Gasteiger partial charge is 0.259 e. The second kappa shape index (κ2) is 8.43. The maximum atomic E-state index is 13.2. The number of aryl methyl sites for hydroxylation is 1. The summed E-state index contributed by atoms with van der Waals surface area (Å²) in [5.41, 5.74) is 2.75. The molecule has 0 fully saturated rings. The predicted molar refractivity (Wildman–Crippen MR) is 111 cm³/mol. The van der Waals surface area contributed by atoms with Crippen molar-refractivity contribution in [2.24, 2.45) is 5.92 Å². The van der Waals surface area contributed by atoms with E-state index in [0.29, 0.717) is 34.5 Å². The minimum atomic E-state index is -0.610. The monoisotopic (exact) mass is 394 g/mol. The molecule has 7 heteroatoms. The van der Waals surface area contributed by atoms with E-state index in [1.54, 1.807) is 27.1 Å². The van der Waals surface area contributed by atoms with Gasteiger partial charge >= 0.3 is 0 Å². The Morgan fingerprint density at radius 2 is 1.86 bits per heavy atom. The van der Waals surface area contributed by atoms with Crippen molar-refractivity contribution in [3.8, 4) is 11.3 Å². The maximum absolute atomic E-state index is 13.2. The van der Waals surface area contributed by atoms with Crippen molar-refractivity contribution in [2.75, 3.05) is 14.1 Å². The zero-order chi connectivity index (χ0) is 21.1. The molecule has 2 aromatic heterocycles. The van der Waals surface area contributed by atoms with Crippen molar-refractivity contribution in [1.29, 1.82) is 0 Å². The number of benzene rings is 1. The summed E-state index contributed by atoms with van der Waals surface area (Å²) in [6.07, 6.45) is 0.547. The number of aromatic nitrogens is 2. The predicted octanol–water partition coefficient (Wildman–Crippen LogP) is 3.43. The van der Waals surface area contributed by atoms with Gasteiger partial charge in [-0.2, -0.15) is 0 Å². The lowest BCUT2D eigenvalue weighted by molar-refractivity contribution is -0.131. The maximum Gasteiger partial charge on any atom is 0.259 e. The van der Waals surface area contributed by atoms with Gasteiger partial charge in [-0.25, -0.2) is 4.98 Å². The van der Waals surface area contributed by atoms with Gasteiger partial charge in [0.15, 0.2) is 0 Å². The molecular formula is C22H26N4O3. The Kier molecular flexibility index (Phi) is 5.96. The van der Waals surface area contributed by atoms with Crippen LogP contribution in [0.15, 0.2) is 40.9 Å². The Morgan fingerprint density at radius 1 is 1.17 bits per heavy atom. The van der Waals surface area contributed by atoms with Crippen LogP contribution in [0.2, 0.25) is 0 Å². The molecule has 0 bridgehead atoms. The van der Waals surface area contributed by atoms with Crippen LogP contribution in [0.4, 0.5) is 0 Å². The van der Waals surface area contributed by atoms with Crippen LogP contribution in [0.5, 0.6) is 0 Å². The number of carbonyl (C=O) groups is 2. The van der Waals surface area contributed by atoms with E-state index >= 15 is 0 Å². The molecule has 2 amide bonds. The SMILES string of the molecule is Cc1noc2nc(-c3ccccc3)cc(C(=O)NC(CC(C)C)C(=O)N(C)C)c12. The zero-order valence-electron chi connectivity index (χ0n) is 17.4. The van der Waals surface area contributed by atoms with E-state index in [4.69, 9.17) is 4.52 Å². The summed E-state index contributed by atoms with van der Waals surface area (Å²) < 4.78 is 5.34. The first-order valence-corrected chi connectivity index (χ1v) is 9.62. The first-order valence-electron chi connectivity index (χ1n) is 9.62. The minimum Gasteiger partial charge on any atom is -0.347 e. The second-order valence-electron chi connectivity index (χ2n) is 7.76. The van der Waals surface area contributed by atoms with Gasteiger partial charge in [0, 0.05) is 19.7 Å². The van der Waals surface area contributed by atoms with Crippen molar-refractivity contribution >= 4 is 22.9 Å². The number of nitrogens with one attached hydrogen (secondary N) is 1. The number of fused-ring (bicyclic) bond motifs is 1. The van der Waals surface area contributed by atoms with Crippen LogP contribution in [0.3, 0.4) is 0 Å². The summed E-state index contributed by atoms with van der Waals surface area (Å²) in [7, 11) is 3.37. The molecule has 1 atom stereocenters. The summed E-state index contributed by atoms with van der Waals surface area (Å²) in [5.74, 6) is -0.233. The Morgan fingerprint density at radius 3 is 2.48 bits per heavy atom. The van der Waals surface area contributed by atoms with E-state index < -0.39 is 6.04 Å². The zero-order valence-corrected chi connectivity index (χ0v) is 17.4. The van der Waals surface area contributed by atoms with Crippen LogP contribution in [-0.4, -0.2) is 47.0 Å². The van der Waals surface area contributed by atoms with Gasteiger partial charge in [-0.3, -0.25) is 9.59 Å². The molecule has 1 unspecified atom stereocenters. The molecule has 2 heterocycles. The highest BCUT2D eigenvalue weighted by molar-refractivity contribution is 6.08. The molecule has 0 aliphatic heterocycles. The van der Waals surface area contributed by atoms with Crippen molar-refractivity contribution in [3.05, 3.63) is 47.7 Å². The van der Waals surface area contributed by atoms with Crippen LogP contribution >= 0.6 is 0 Å². The second-order valence-corrected chi connectivity index (χ2v) is 7.76. The highest BCUT2D eigenvalue weighted by atomic mass is 16.5. The topological polar surface area (TPSA) is 88.3 Å². The highest BCUT2D eigenvalue weighted by Gasteiger charge is 2.26. The van der Waals surface area contributed by atoms with Crippen molar-refractivity contribution in [3.63, 3.8) is 0 Å². The summed E-state index contributed by atoms with van der Waals surface area (Å²) in [6, 6.07) is 10.7. The number of hydrogen-bond acceptors (Lipinski definition) is 5. The minimum absolute atomic E-state index is 0.136. The van der Waals surface area contributed by atoms with E-state index in [1.165, 1.54) is 4.90 Å². The van der Waals surface area contributed by atoms with Gasteiger partial charge in [0.2, 0.25) is 5.91 Å². The lowest BCUT2D eigenvalue weighted by atomic mass is 10.0. The molecule has 3 aromatic rings. The third kappa shape index (κ3) is 4.45. The third-order valence-electron chi connectivity index (χ3n) is 4.68. The molecule has 0 aliphatic carbocycles. The van der Waals surface area contributed by atoms with E-state index in [0.717, 1.165) is 5.56 Å². The van der Waals surface area contributed by atoms with Crippen LogP contribution < -0.4 is 5.32 Å². The molecule has 1 aromatic carbocycles. The van der Waals surface area contributed by atoms with Gasteiger partial charge in [0.25, 0.3) is 11.6 Å². The number of carbonyl (C=O) groups excluding carboxylic acids is 2. The van der Waals surface area contributed by atoms with E-state index in [2.05, 4.69) is 15.5 Å². The van der Waals surface area contributed by atoms with Crippen molar-refractivity contribution in [1.82, 2.24) is 20.4 Å². The van der Waals surface area contributed by atoms with Gasteiger partial charge in [0.1, 0.15) is 6.04 Å². The van der Waals surface area contributed by atoms with E-state index in [-0.39, 0.29) is 17.7 Å². The largest absolute Gasteiger partial charge is 0.347 e. The molecule has 29 heavy (non-hydrogen) atoms. The van der Waals surface area contributed by atoms with Crippen LogP contribution in [0, 0.1) is 12.8 Å². The Labute approximate surface area is 170 Å².